The maximum atomic E-state index is 11.2. The molecule has 11 aromatic carbocycles. The number of hydrogen-bond acceptors (Lipinski definition) is 10. The maximum Gasteiger partial charge on any atom is 0.159 e. The number of aromatic nitrogens is 6. The van der Waals surface area contributed by atoms with Crippen molar-refractivity contribution in [3.05, 3.63) is 444 Å². The van der Waals surface area contributed by atoms with E-state index in [0.29, 0.717) is 61.2 Å². The monoisotopic (exact) mass is 2620 g/mol. The van der Waals surface area contributed by atoms with Gasteiger partial charge < -0.3 is 30.1 Å². The number of aliphatic hydroxyl groups is 2. The van der Waals surface area contributed by atoms with E-state index in [4.69, 9.17) is 9.97 Å². The van der Waals surface area contributed by atoms with E-state index in [0.717, 1.165) is 103 Å². The molecule has 4 radical (unpaired) electrons. The third kappa shape index (κ3) is 41.2. The number of pyridine rings is 6. The van der Waals surface area contributed by atoms with E-state index >= 15 is 0 Å². The van der Waals surface area contributed by atoms with Gasteiger partial charge in [-0.2, -0.15) is 0 Å². The van der Waals surface area contributed by atoms with Crippen molar-refractivity contribution in [2.75, 3.05) is 0 Å². The van der Waals surface area contributed by atoms with Crippen LogP contribution in [-0.2, 0) is 103 Å². The summed E-state index contributed by atoms with van der Waals surface area (Å²) in [6, 6.07) is 123. The van der Waals surface area contributed by atoms with Crippen LogP contribution in [0.1, 0.15) is 164 Å². The molecule has 2 N–H and O–H groups in total. The van der Waals surface area contributed by atoms with Crippen LogP contribution in [0.5, 0.6) is 0 Å². The number of rotatable bonds is 23. The van der Waals surface area contributed by atoms with E-state index in [1.807, 2.05) is 221 Å². The number of carbonyl (C=O) groups is 2. The van der Waals surface area contributed by atoms with Crippen LogP contribution >= 0.6 is 0 Å². The number of allylic oxidation sites excluding steroid dienone is 4. The van der Waals surface area contributed by atoms with Gasteiger partial charge in [0, 0.05) is 159 Å². The van der Waals surface area contributed by atoms with E-state index in [2.05, 4.69) is 302 Å². The number of nitrogens with zero attached hydrogens (tertiary/aromatic N) is 6. The SMILES string of the molecule is CC(C)CC(=O)/C=C(\O)CC(C)C.CC(C)CC(=O)C=C(O)CC(C)C.Cc1[c-]c(-c2cc(CC(C)C)c3cc(-c4ccccc4)ccc3n2)cc(C)c1.Cc1[c-]c(-c2ccc3c(CC(C)C)cccc3n2)cc(C)c1.Cc1cc(-c2[c-]cccc2)ncc1-c1ccccc1.Cc1ccc(-c2[c-]cccc2)nc1.Cc1ccc(-c2ccnc(-c3[c-]cccc3)c2)cc1.Cc1ccnc(-c2[c-]cccc2)c1.[Ir].[Ir].[Ir].[Ir]. The first-order valence-corrected chi connectivity index (χ1v) is 48.8. The first-order chi connectivity index (χ1) is 67.2. The molecule has 0 aliphatic rings. The molecule has 17 aromatic rings. The summed E-state index contributed by atoms with van der Waals surface area (Å²) in [7, 11) is 0. The average molecular weight is 2620 g/mol. The fraction of sp³-hybridized carbons (Fsp3) is 0.246. The van der Waals surface area contributed by atoms with Crippen molar-refractivity contribution in [1.82, 2.24) is 29.9 Å². The molecule has 0 unspecified atom stereocenters. The molecule has 0 bridgehead atoms. The Morgan fingerprint density at radius 1 is 0.292 bits per heavy atom. The number of hydrogen-bond donors (Lipinski definition) is 2. The van der Waals surface area contributed by atoms with Gasteiger partial charge in [0.25, 0.3) is 0 Å². The Bertz CT molecular complexity index is 6730. The molecule has 144 heavy (non-hydrogen) atoms. The first kappa shape index (κ1) is 121. The first-order valence-electron chi connectivity index (χ1n) is 48.8. The standard InChI is InChI=1S/C27H26N.C21H22N.2C18H14N.2C12H10N.2C11H20O2.4Ir/c1-18(2)12-23-17-27(24-14-19(3)13-20(4)15-24)28-26-11-10-22(16-25(23)26)21-8-6-5-7-9-21;1-14(2)10-17-6-5-7-21-19(17)8-9-20(22-21)18-12-15(3)11-16(4)13-18;1-14-12-18(16-10-6-3-7-11-16)19-13-17(14)15-8-4-2-5-9-15;1-14-7-9-15(10-8-14)17-11-12-19-18(13-17)16-5-3-2-4-6-16;1-10-7-8-13-12(9-10)11-5-3-2-4-6-11;1-10-7-8-12(13-9-10)11-5-3-2-4-6-11;2*1-8(2)5-10(12)7-11(13)6-9(3)4;;;;/h5-11,13-14,16-18H,12H2,1-4H3;5-9,11-12,14H,10H2,1-4H3;2-10,12-13H,1H3;2-5,7-13H,1H3;2*2-5,7-9H,1H3;2*7-9,12H,5-6H2,1-4H3;;;;/q6*-1;;;;;;/b;;;;;;10-7-;;;;;. The van der Waals surface area contributed by atoms with Gasteiger partial charge in [0.15, 0.2) is 11.6 Å². The molecule has 0 aliphatic heterocycles. The van der Waals surface area contributed by atoms with Crippen LogP contribution in [0, 0.1) is 127 Å². The Hall–Kier alpha value is -12.1. The van der Waals surface area contributed by atoms with Gasteiger partial charge in [0.05, 0.1) is 22.6 Å². The number of fused-ring (bicyclic) bond motifs is 2. The second-order valence-electron chi connectivity index (χ2n) is 38.3. The molecule has 17 rings (SSSR count). The Labute approximate surface area is 912 Å². The zero-order valence-corrected chi connectivity index (χ0v) is 96.3. The maximum absolute atomic E-state index is 11.2. The van der Waals surface area contributed by atoms with E-state index < -0.39 is 0 Å². The molecule has 6 heterocycles. The summed E-state index contributed by atoms with van der Waals surface area (Å²) < 4.78 is 0. The molecule has 6 aromatic heterocycles. The molecule has 0 spiro atoms. The molecular weight excluding hydrogens is 2480 g/mol. The summed E-state index contributed by atoms with van der Waals surface area (Å²) in [6.45, 7) is 41.8. The Kier molecular flexibility index (Phi) is 52.3. The molecule has 0 saturated carbocycles. The summed E-state index contributed by atoms with van der Waals surface area (Å²) in [5, 5.41) is 21.2. The van der Waals surface area contributed by atoms with Gasteiger partial charge in [-0.1, -0.05) is 274 Å². The molecule has 752 valence electrons. The third-order valence-corrected chi connectivity index (χ3v) is 22.1. The van der Waals surface area contributed by atoms with Crippen molar-refractivity contribution in [1.29, 1.82) is 0 Å². The van der Waals surface area contributed by atoms with Gasteiger partial charge in [-0.3, -0.25) is 19.6 Å². The predicted molar refractivity (Wildman–Crippen MR) is 587 cm³/mol. The second-order valence-corrected chi connectivity index (χ2v) is 38.3. The van der Waals surface area contributed by atoms with Crippen LogP contribution in [0.3, 0.4) is 0 Å². The number of aryl methyl sites for hydroxylation is 8. The van der Waals surface area contributed by atoms with Crippen molar-refractivity contribution in [3.8, 4) is 101 Å². The summed E-state index contributed by atoms with van der Waals surface area (Å²) >= 11 is 0. The quantitative estimate of drug-likeness (QED) is 0.0360. The molecule has 0 amide bonds. The van der Waals surface area contributed by atoms with Crippen LogP contribution in [0.15, 0.2) is 352 Å². The summed E-state index contributed by atoms with van der Waals surface area (Å²) in [5.41, 5.74) is 34.1. The number of aliphatic hydroxyl groups excluding tert-OH is 2. The van der Waals surface area contributed by atoms with Gasteiger partial charge in [0.2, 0.25) is 0 Å². The minimum absolute atomic E-state index is 0. The molecule has 0 fully saturated rings. The van der Waals surface area contributed by atoms with Gasteiger partial charge in [-0.15, -0.1) is 213 Å². The zero-order valence-electron chi connectivity index (χ0n) is 86.8. The molecular formula is C130H136Ir4N6O4-6. The van der Waals surface area contributed by atoms with Crippen LogP contribution in [-0.4, -0.2) is 51.7 Å². The van der Waals surface area contributed by atoms with E-state index in [9.17, 15) is 19.8 Å². The van der Waals surface area contributed by atoms with E-state index in [1.54, 1.807) is 0 Å². The van der Waals surface area contributed by atoms with E-state index in [-0.39, 0.29) is 104 Å². The predicted octanol–water partition coefficient (Wildman–Crippen LogP) is 33.6. The smallest absolute Gasteiger partial charge is 0.159 e. The minimum atomic E-state index is 0. The van der Waals surface area contributed by atoms with Crippen LogP contribution in [0.4, 0.5) is 0 Å². The summed E-state index contributed by atoms with van der Waals surface area (Å²) in [4.78, 5) is 49.9. The number of ketones is 2. The number of benzene rings is 11. The second kappa shape index (κ2) is 62.5. The van der Waals surface area contributed by atoms with Crippen molar-refractivity contribution in [2.45, 2.75) is 177 Å². The third-order valence-electron chi connectivity index (χ3n) is 22.1. The van der Waals surface area contributed by atoms with Crippen molar-refractivity contribution in [3.63, 3.8) is 0 Å². The number of carbonyl (C=O) groups excluding carboxylic acids is 2. The Morgan fingerprint density at radius 3 is 1.17 bits per heavy atom. The molecule has 10 nitrogen and oxygen atoms in total. The topological polar surface area (TPSA) is 152 Å². The fourth-order valence-corrected chi connectivity index (χ4v) is 15.8. The normalized spacial score (nSPS) is 10.7. The molecule has 14 heteroatoms. The van der Waals surface area contributed by atoms with Crippen molar-refractivity contribution >= 4 is 33.4 Å². The fourth-order valence-electron chi connectivity index (χ4n) is 15.8. The van der Waals surface area contributed by atoms with Gasteiger partial charge in [-0.05, 0) is 191 Å². The minimum Gasteiger partial charge on any atom is -0.512 e. The average Bonchev–Trinajstić information content (AvgIpc) is 0.779. The molecule has 0 saturated heterocycles. The Balaban J connectivity index is 0.000000255. The van der Waals surface area contributed by atoms with Crippen molar-refractivity contribution in [2.24, 2.45) is 35.5 Å². The van der Waals surface area contributed by atoms with Gasteiger partial charge >= 0.3 is 0 Å². The molecule has 0 aliphatic carbocycles. The van der Waals surface area contributed by atoms with E-state index in [1.165, 1.54) is 101 Å². The summed E-state index contributed by atoms with van der Waals surface area (Å²) in [6.07, 6.45) is 14.6. The van der Waals surface area contributed by atoms with Crippen LogP contribution < -0.4 is 0 Å². The van der Waals surface area contributed by atoms with Crippen molar-refractivity contribution < 1.29 is 100 Å². The summed E-state index contributed by atoms with van der Waals surface area (Å²) in [5.74, 6) is 3.19. The largest absolute Gasteiger partial charge is 0.512 e. The van der Waals surface area contributed by atoms with Gasteiger partial charge in [-0.25, -0.2) is 0 Å². The van der Waals surface area contributed by atoms with Crippen LogP contribution in [0.25, 0.3) is 123 Å². The van der Waals surface area contributed by atoms with Crippen LogP contribution in [0.2, 0.25) is 0 Å². The Morgan fingerprint density at radius 2 is 0.708 bits per heavy atom. The molecule has 0 atom stereocenters. The zero-order chi connectivity index (χ0) is 101. The van der Waals surface area contributed by atoms with Gasteiger partial charge in [0.1, 0.15) is 0 Å².